The van der Waals surface area contributed by atoms with Crippen molar-refractivity contribution < 1.29 is 23.4 Å². The molecular weight excluding hydrogens is 466 g/mol. The number of hydrogen-bond donors (Lipinski definition) is 1. The number of aromatic hydroxyl groups is 1. The molecule has 1 N–H and O–H groups in total. The van der Waals surface area contributed by atoms with Gasteiger partial charge < -0.3 is 14.7 Å². The van der Waals surface area contributed by atoms with Gasteiger partial charge in [0.05, 0.1) is 18.9 Å². The molecular formula is C23H18F2N4O4S. The molecule has 8 nitrogen and oxygen atoms in total. The molecule has 0 aliphatic carbocycles. The molecule has 5 heterocycles. The van der Waals surface area contributed by atoms with E-state index in [9.17, 15) is 19.1 Å². The second kappa shape index (κ2) is 7.81. The standard InChI is InChI=1S/C23H18F2N4O4S/c24-14-4-3-12-13(18(14)25)11-34-16-2-1-6-26-19(16)20(12)29-17-10-33-9-8-27(17)23(32)21-22(31)15(30)5-7-28(21)29/h1-7,17,20,31H,8-11H2/t17-,20?/m1/s1. The van der Waals surface area contributed by atoms with Crippen molar-refractivity contribution in [1.82, 2.24) is 14.6 Å². The molecule has 1 unspecified atom stereocenters. The first-order valence-electron chi connectivity index (χ1n) is 10.6. The largest absolute Gasteiger partial charge is 0.502 e. The van der Waals surface area contributed by atoms with E-state index < -0.39 is 40.9 Å². The van der Waals surface area contributed by atoms with Crippen LogP contribution in [0, 0.1) is 11.6 Å². The number of pyridine rings is 2. The Labute approximate surface area is 196 Å². The number of hydrogen-bond acceptors (Lipinski definition) is 7. The lowest BCUT2D eigenvalue weighted by Crippen LogP contribution is -2.66. The van der Waals surface area contributed by atoms with Gasteiger partial charge in [-0.1, -0.05) is 6.07 Å². The highest BCUT2D eigenvalue weighted by atomic mass is 32.2. The van der Waals surface area contributed by atoms with Gasteiger partial charge in [0.1, 0.15) is 12.2 Å². The number of nitrogens with zero attached hydrogens (tertiary/aromatic N) is 4. The summed E-state index contributed by atoms with van der Waals surface area (Å²) in [6, 6.07) is 6.62. The number of ether oxygens (including phenoxy) is 1. The molecule has 3 aromatic rings. The third kappa shape index (κ3) is 2.96. The summed E-state index contributed by atoms with van der Waals surface area (Å²) in [6.45, 7) is 0.673. The summed E-state index contributed by atoms with van der Waals surface area (Å²) in [5.41, 5.74) is 0.382. The fraction of sp³-hybridized carbons (Fsp3) is 0.261. The first-order chi connectivity index (χ1) is 16.5. The molecule has 1 aromatic carbocycles. The van der Waals surface area contributed by atoms with E-state index in [-0.39, 0.29) is 30.2 Å². The smallest absolute Gasteiger partial charge is 0.278 e. The maximum atomic E-state index is 15.0. The topological polar surface area (TPSA) is 87.9 Å². The third-order valence-electron chi connectivity index (χ3n) is 6.40. The average Bonchev–Trinajstić information content (AvgIpc) is 3.01. The monoisotopic (exact) mass is 484 g/mol. The normalized spacial score (nSPS) is 21.3. The van der Waals surface area contributed by atoms with Crippen molar-refractivity contribution >= 4 is 17.7 Å². The fourth-order valence-electron chi connectivity index (χ4n) is 4.84. The number of benzene rings is 1. The van der Waals surface area contributed by atoms with Gasteiger partial charge in [0.2, 0.25) is 5.43 Å². The molecule has 1 saturated heterocycles. The molecule has 1 amide bonds. The second-order valence-electron chi connectivity index (χ2n) is 8.16. The Morgan fingerprint density at radius 3 is 2.88 bits per heavy atom. The summed E-state index contributed by atoms with van der Waals surface area (Å²) in [5.74, 6) is -2.87. The zero-order valence-corrected chi connectivity index (χ0v) is 18.5. The van der Waals surface area contributed by atoms with Crippen molar-refractivity contribution in [3.63, 3.8) is 0 Å². The minimum atomic E-state index is -0.949. The number of carbonyl (C=O) groups excluding carboxylic acids is 1. The van der Waals surface area contributed by atoms with Crippen LogP contribution in [0.3, 0.4) is 0 Å². The number of carbonyl (C=O) groups is 1. The van der Waals surface area contributed by atoms with Crippen molar-refractivity contribution in [3.05, 3.63) is 87.1 Å². The van der Waals surface area contributed by atoms with Crippen molar-refractivity contribution in [2.45, 2.75) is 22.9 Å². The molecule has 0 radical (unpaired) electrons. The van der Waals surface area contributed by atoms with Crippen molar-refractivity contribution in [2.75, 3.05) is 24.8 Å². The molecule has 34 heavy (non-hydrogen) atoms. The summed E-state index contributed by atoms with van der Waals surface area (Å²) in [4.78, 5) is 32.4. The van der Waals surface area contributed by atoms with Gasteiger partial charge in [-0.05, 0) is 23.8 Å². The number of thioether (sulfide) groups is 1. The van der Waals surface area contributed by atoms with Crippen LogP contribution in [-0.4, -0.2) is 51.5 Å². The molecule has 6 rings (SSSR count). The van der Waals surface area contributed by atoms with E-state index in [1.807, 2.05) is 6.07 Å². The molecule has 2 atom stereocenters. The van der Waals surface area contributed by atoms with Crippen LogP contribution in [0.25, 0.3) is 0 Å². The highest BCUT2D eigenvalue weighted by Crippen LogP contribution is 2.44. The van der Waals surface area contributed by atoms with E-state index >= 15 is 4.39 Å². The van der Waals surface area contributed by atoms with E-state index in [0.29, 0.717) is 17.9 Å². The van der Waals surface area contributed by atoms with Crippen LogP contribution in [0.2, 0.25) is 0 Å². The minimum Gasteiger partial charge on any atom is -0.502 e. The lowest BCUT2D eigenvalue weighted by molar-refractivity contribution is -0.0199. The molecule has 0 saturated carbocycles. The zero-order chi connectivity index (χ0) is 23.6. The van der Waals surface area contributed by atoms with E-state index in [1.165, 1.54) is 33.6 Å². The fourth-order valence-corrected chi connectivity index (χ4v) is 5.92. The Morgan fingerprint density at radius 2 is 2.03 bits per heavy atom. The zero-order valence-electron chi connectivity index (χ0n) is 17.6. The minimum absolute atomic E-state index is 0.142. The van der Waals surface area contributed by atoms with Gasteiger partial charge in [-0.3, -0.25) is 24.3 Å². The average molecular weight is 484 g/mol. The van der Waals surface area contributed by atoms with E-state index in [0.717, 1.165) is 17.0 Å². The number of fused-ring (bicyclic) bond motifs is 4. The lowest BCUT2D eigenvalue weighted by Gasteiger charge is -2.51. The lowest BCUT2D eigenvalue weighted by atomic mass is 9.96. The molecule has 1 fully saturated rings. The maximum absolute atomic E-state index is 15.0. The molecule has 11 heteroatoms. The van der Waals surface area contributed by atoms with Gasteiger partial charge in [-0.25, -0.2) is 8.78 Å². The van der Waals surface area contributed by atoms with Gasteiger partial charge in [-0.15, -0.1) is 11.8 Å². The second-order valence-corrected chi connectivity index (χ2v) is 9.18. The van der Waals surface area contributed by atoms with E-state index in [1.54, 1.807) is 17.3 Å². The van der Waals surface area contributed by atoms with Crippen molar-refractivity contribution in [2.24, 2.45) is 0 Å². The SMILES string of the molecule is O=C1c2c(O)c(=O)ccn2N(C2c3ccc(F)c(F)c3CSc3cccnc32)[C@@H]2COCCN12. The molecule has 0 bridgehead atoms. The Bertz CT molecular complexity index is 1400. The Morgan fingerprint density at radius 1 is 1.18 bits per heavy atom. The van der Waals surface area contributed by atoms with Gasteiger partial charge in [0.15, 0.2) is 23.1 Å². The van der Waals surface area contributed by atoms with E-state index in [4.69, 9.17) is 4.74 Å². The van der Waals surface area contributed by atoms with Gasteiger partial charge >= 0.3 is 0 Å². The molecule has 3 aliphatic heterocycles. The molecule has 2 aromatic heterocycles. The molecule has 3 aliphatic rings. The van der Waals surface area contributed by atoms with E-state index in [2.05, 4.69) is 4.98 Å². The summed E-state index contributed by atoms with van der Waals surface area (Å²) in [5, 5.41) is 12.3. The number of halogens is 2. The van der Waals surface area contributed by atoms with Crippen LogP contribution >= 0.6 is 11.8 Å². The highest BCUT2D eigenvalue weighted by molar-refractivity contribution is 7.98. The number of amides is 1. The first kappa shape index (κ1) is 21.1. The Balaban J connectivity index is 1.67. The number of morpholine rings is 1. The van der Waals surface area contributed by atoms with Crippen LogP contribution < -0.4 is 10.4 Å². The van der Waals surface area contributed by atoms with Gasteiger partial charge in [0, 0.05) is 41.2 Å². The predicted molar refractivity (Wildman–Crippen MR) is 118 cm³/mol. The molecule has 174 valence electrons. The summed E-state index contributed by atoms with van der Waals surface area (Å²) in [6.07, 6.45) is 2.38. The Hall–Kier alpha value is -3.44. The van der Waals surface area contributed by atoms with Crippen LogP contribution in [0.4, 0.5) is 8.78 Å². The van der Waals surface area contributed by atoms with Crippen molar-refractivity contribution in [3.8, 4) is 5.75 Å². The predicted octanol–water partition coefficient (Wildman–Crippen LogP) is 2.37. The maximum Gasteiger partial charge on any atom is 0.278 e. The van der Waals surface area contributed by atoms with Crippen molar-refractivity contribution in [1.29, 1.82) is 0 Å². The van der Waals surface area contributed by atoms with Gasteiger partial charge in [-0.2, -0.15) is 0 Å². The molecule has 0 spiro atoms. The first-order valence-corrected chi connectivity index (χ1v) is 11.6. The Kier molecular flexibility index (Phi) is 4.85. The van der Waals surface area contributed by atoms with Crippen LogP contribution in [0.1, 0.15) is 33.4 Å². The number of rotatable bonds is 1. The summed E-state index contributed by atoms with van der Waals surface area (Å²) >= 11 is 1.34. The summed E-state index contributed by atoms with van der Waals surface area (Å²) < 4.78 is 36.4. The van der Waals surface area contributed by atoms with Gasteiger partial charge in [0.25, 0.3) is 5.91 Å². The quantitative estimate of drug-likeness (QED) is 0.568. The van der Waals surface area contributed by atoms with Crippen LogP contribution in [0.5, 0.6) is 5.75 Å². The third-order valence-corrected chi connectivity index (χ3v) is 7.49. The van der Waals surface area contributed by atoms with Crippen LogP contribution in [0.15, 0.2) is 52.4 Å². The highest BCUT2D eigenvalue weighted by Gasteiger charge is 2.46. The van der Waals surface area contributed by atoms with Crippen LogP contribution in [-0.2, 0) is 10.5 Å². The summed E-state index contributed by atoms with van der Waals surface area (Å²) in [7, 11) is 0. The number of aromatic nitrogens is 2.